The van der Waals surface area contributed by atoms with Crippen LogP contribution in [0.2, 0.25) is 0 Å². The Morgan fingerprint density at radius 2 is 2.29 bits per heavy atom. The van der Waals surface area contributed by atoms with E-state index in [4.69, 9.17) is 0 Å². The van der Waals surface area contributed by atoms with E-state index < -0.39 is 9.84 Å². The van der Waals surface area contributed by atoms with E-state index in [-0.39, 0.29) is 17.5 Å². The third kappa shape index (κ3) is 3.07. The van der Waals surface area contributed by atoms with Crippen LogP contribution in [0.5, 0.6) is 0 Å². The molecule has 8 nitrogen and oxygen atoms in total. The monoisotopic (exact) mass is 310 g/mol. The molecule has 0 bridgehead atoms. The molecule has 1 aliphatic rings. The smallest absolute Gasteiger partial charge is 0.226 e. The van der Waals surface area contributed by atoms with Crippen molar-refractivity contribution in [2.24, 2.45) is 0 Å². The second-order valence-corrected chi connectivity index (χ2v) is 7.35. The van der Waals surface area contributed by atoms with Crippen molar-refractivity contribution < 1.29 is 8.42 Å². The Labute approximate surface area is 122 Å². The fraction of sp³-hybridized carbons (Fsp3) is 0.583. The van der Waals surface area contributed by atoms with E-state index in [9.17, 15) is 8.42 Å². The van der Waals surface area contributed by atoms with E-state index in [2.05, 4.69) is 30.6 Å². The lowest BCUT2D eigenvalue weighted by molar-refractivity contribution is 0.561. The molecular weight excluding hydrogens is 292 g/mol. The first-order valence-electron chi connectivity index (χ1n) is 6.99. The number of rotatable bonds is 4. The maximum atomic E-state index is 11.7. The molecule has 9 heteroatoms. The minimum Gasteiger partial charge on any atom is -0.364 e. The fourth-order valence-electron chi connectivity index (χ4n) is 2.50. The highest BCUT2D eigenvalue weighted by molar-refractivity contribution is 7.91. The molecule has 3 heterocycles. The summed E-state index contributed by atoms with van der Waals surface area (Å²) in [6.07, 6.45) is 3.05. The summed E-state index contributed by atoms with van der Waals surface area (Å²) in [5.41, 5.74) is 1.25. The number of aromatic nitrogens is 4. The van der Waals surface area contributed by atoms with Crippen LogP contribution in [0.1, 0.15) is 19.8 Å². The zero-order chi connectivity index (χ0) is 14.9. The summed E-state index contributed by atoms with van der Waals surface area (Å²) >= 11 is 0. The van der Waals surface area contributed by atoms with Gasteiger partial charge < -0.3 is 15.6 Å². The van der Waals surface area contributed by atoms with Crippen molar-refractivity contribution in [1.29, 1.82) is 0 Å². The van der Waals surface area contributed by atoms with Crippen LogP contribution < -0.4 is 10.6 Å². The second kappa shape index (κ2) is 5.47. The summed E-state index contributed by atoms with van der Waals surface area (Å²) in [6.45, 7) is 2.66. The number of H-pyrrole nitrogens is 1. The van der Waals surface area contributed by atoms with Gasteiger partial charge in [-0.05, 0) is 19.8 Å². The fourth-order valence-corrected chi connectivity index (χ4v) is 4.14. The van der Waals surface area contributed by atoms with Crippen molar-refractivity contribution in [3.8, 4) is 0 Å². The van der Waals surface area contributed by atoms with Crippen molar-refractivity contribution >= 4 is 32.8 Å². The van der Waals surface area contributed by atoms with E-state index in [0.717, 1.165) is 6.42 Å². The molecule has 3 N–H and O–H groups in total. The van der Waals surface area contributed by atoms with E-state index in [1.54, 1.807) is 6.33 Å². The van der Waals surface area contributed by atoms with Gasteiger partial charge in [-0.25, -0.2) is 13.4 Å². The molecule has 0 amide bonds. The van der Waals surface area contributed by atoms with E-state index in [0.29, 0.717) is 35.9 Å². The van der Waals surface area contributed by atoms with E-state index in [1.807, 2.05) is 6.92 Å². The molecule has 1 aliphatic heterocycles. The Morgan fingerprint density at radius 3 is 3.05 bits per heavy atom. The lowest BCUT2D eigenvalue weighted by atomic mass is 10.2. The van der Waals surface area contributed by atoms with Gasteiger partial charge in [0.15, 0.2) is 21.3 Å². The summed E-state index contributed by atoms with van der Waals surface area (Å²) in [7, 11) is -2.96. The molecular formula is C12H18N6O2S. The average molecular weight is 310 g/mol. The van der Waals surface area contributed by atoms with Crippen molar-refractivity contribution in [3.05, 3.63) is 6.33 Å². The third-order valence-electron chi connectivity index (χ3n) is 3.42. The zero-order valence-electron chi connectivity index (χ0n) is 11.8. The van der Waals surface area contributed by atoms with Crippen molar-refractivity contribution in [1.82, 2.24) is 19.9 Å². The van der Waals surface area contributed by atoms with Gasteiger partial charge in [0.25, 0.3) is 0 Å². The standard InChI is InChI=1S/C12H18N6O2S/c1-2-13-12-17-10-9(14-7-15-10)11(18-12)16-8-4-3-5-21(19,20)6-8/h7-8H,2-6H2,1H3,(H3,13,14,15,16,17,18). The van der Waals surface area contributed by atoms with Crippen LogP contribution in [-0.4, -0.2) is 52.4 Å². The maximum absolute atomic E-state index is 11.7. The van der Waals surface area contributed by atoms with Gasteiger partial charge in [-0.3, -0.25) is 0 Å². The molecule has 3 rings (SSSR count). The SMILES string of the molecule is CCNc1nc(NC2CCCS(=O)(=O)C2)c2[nH]cnc2n1. The van der Waals surface area contributed by atoms with Gasteiger partial charge in [-0.15, -0.1) is 0 Å². The van der Waals surface area contributed by atoms with Crippen molar-refractivity contribution in [3.63, 3.8) is 0 Å². The van der Waals surface area contributed by atoms with Crippen molar-refractivity contribution in [2.75, 3.05) is 28.7 Å². The first-order valence-corrected chi connectivity index (χ1v) is 8.81. The number of fused-ring (bicyclic) bond motifs is 1. The lowest BCUT2D eigenvalue weighted by Gasteiger charge is -2.23. The highest BCUT2D eigenvalue weighted by atomic mass is 32.2. The first kappa shape index (κ1) is 14.1. The van der Waals surface area contributed by atoms with Gasteiger partial charge in [0.2, 0.25) is 5.95 Å². The number of sulfone groups is 1. The predicted octanol–water partition coefficient (Wildman–Crippen LogP) is 0.774. The normalized spacial score (nSPS) is 21.3. The molecule has 2 aromatic rings. The maximum Gasteiger partial charge on any atom is 0.226 e. The number of anilines is 2. The molecule has 114 valence electrons. The van der Waals surface area contributed by atoms with Gasteiger partial charge in [-0.2, -0.15) is 9.97 Å². The van der Waals surface area contributed by atoms with Gasteiger partial charge in [0.05, 0.1) is 17.8 Å². The molecule has 0 saturated carbocycles. The molecule has 1 atom stereocenters. The van der Waals surface area contributed by atoms with E-state index >= 15 is 0 Å². The van der Waals surface area contributed by atoms with Gasteiger partial charge >= 0.3 is 0 Å². The van der Waals surface area contributed by atoms with Crippen molar-refractivity contribution in [2.45, 2.75) is 25.8 Å². The highest BCUT2D eigenvalue weighted by Crippen LogP contribution is 2.22. The minimum atomic E-state index is -2.96. The summed E-state index contributed by atoms with van der Waals surface area (Å²) in [4.78, 5) is 15.8. The van der Waals surface area contributed by atoms with Crippen LogP contribution in [0.25, 0.3) is 11.2 Å². The van der Waals surface area contributed by atoms with Gasteiger partial charge in [-0.1, -0.05) is 0 Å². The number of nitrogens with one attached hydrogen (secondary N) is 3. The Hall–Kier alpha value is -1.90. The molecule has 1 saturated heterocycles. The molecule has 1 fully saturated rings. The topological polar surface area (TPSA) is 113 Å². The zero-order valence-corrected chi connectivity index (χ0v) is 12.6. The molecule has 1 unspecified atom stereocenters. The molecule has 0 aliphatic carbocycles. The number of hydrogen-bond acceptors (Lipinski definition) is 7. The highest BCUT2D eigenvalue weighted by Gasteiger charge is 2.25. The van der Waals surface area contributed by atoms with Crippen LogP contribution in [0, 0.1) is 0 Å². The third-order valence-corrected chi connectivity index (χ3v) is 5.25. The number of aromatic amines is 1. The quantitative estimate of drug-likeness (QED) is 0.764. The largest absolute Gasteiger partial charge is 0.364 e. The molecule has 0 spiro atoms. The summed E-state index contributed by atoms with van der Waals surface area (Å²) in [5.74, 6) is 1.49. The van der Waals surface area contributed by atoms with Crippen LogP contribution in [0.15, 0.2) is 6.33 Å². The summed E-state index contributed by atoms with van der Waals surface area (Å²) in [5, 5.41) is 6.27. The Kier molecular flexibility index (Phi) is 3.66. The molecule has 2 aromatic heterocycles. The lowest BCUT2D eigenvalue weighted by Crippen LogP contribution is -2.35. The van der Waals surface area contributed by atoms with Crippen LogP contribution >= 0.6 is 0 Å². The summed E-state index contributed by atoms with van der Waals surface area (Å²) < 4.78 is 23.5. The molecule has 21 heavy (non-hydrogen) atoms. The van der Waals surface area contributed by atoms with E-state index in [1.165, 1.54) is 0 Å². The van der Waals surface area contributed by atoms with Crippen LogP contribution in [-0.2, 0) is 9.84 Å². The van der Waals surface area contributed by atoms with Gasteiger partial charge in [0.1, 0.15) is 5.52 Å². The second-order valence-electron chi connectivity index (χ2n) is 5.13. The first-order chi connectivity index (χ1) is 10.1. The van der Waals surface area contributed by atoms with Gasteiger partial charge in [0, 0.05) is 12.6 Å². The number of imidazole rings is 1. The molecule has 0 aromatic carbocycles. The average Bonchev–Trinajstić information content (AvgIpc) is 2.86. The van der Waals surface area contributed by atoms with Crippen LogP contribution in [0.3, 0.4) is 0 Å². The Bertz CT molecular complexity index is 741. The predicted molar refractivity (Wildman–Crippen MR) is 81.1 cm³/mol. The number of hydrogen-bond donors (Lipinski definition) is 3. The van der Waals surface area contributed by atoms with Crippen LogP contribution in [0.4, 0.5) is 11.8 Å². The number of nitrogens with zero attached hydrogens (tertiary/aromatic N) is 3. The minimum absolute atomic E-state index is 0.125. The Balaban J connectivity index is 1.90. The summed E-state index contributed by atoms with van der Waals surface area (Å²) in [6, 6.07) is -0.125. The Morgan fingerprint density at radius 1 is 1.43 bits per heavy atom. The molecule has 0 radical (unpaired) electrons.